The van der Waals surface area contributed by atoms with Gasteiger partial charge in [-0.3, -0.25) is 4.79 Å². The van der Waals surface area contributed by atoms with Gasteiger partial charge in [0.05, 0.1) is 16.6 Å². The fraction of sp³-hybridized carbons (Fsp3) is 0.364. The van der Waals surface area contributed by atoms with Crippen molar-refractivity contribution in [3.63, 3.8) is 0 Å². The molecular formula is C22H24BrN9O. The molecule has 11 heteroatoms. The summed E-state index contributed by atoms with van der Waals surface area (Å²) in [4.78, 5) is 30.3. The lowest BCUT2D eigenvalue weighted by Crippen LogP contribution is -2.35. The molecule has 0 spiro atoms. The zero-order valence-electron chi connectivity index (χ0n) is 18.6. The summed E-state index contributed by atoms with van der Waals surface area (Å²) < 4.78 is 2.44. The Labute approximate surface area is 198 Å². The lowest BCUT2D eigenvalue weighted by Gasteiger charge is -2.22. The molecule has 1 saturated carbocycles. The Balaban J connectivity index is 1.47. The quantitative estimate of drug-likeness (QED) is 0.374. The number of benzene rings is 1. The maximum atomic E-state index is 12.2. The van der Waals surface area contributed by atoms with Crippen LogP contribution in [0.2, 0.25) is 0 Å². The SMILES string of the molecule is CNC(=O)[C@]1(C)CC[C@@H](Nc2ncc3c(Br)nn(-c4ccc5nc(NC)ncc5c4)c3n2)C1. The zero-order chi connectivity index (χ0) is 23.2. The third-order valence-electron chi connectivity index (χ3n) is 6.26. The van der Waals surface area contributed by atoms with Crippen molar-refractivity contribution in [1.29, 1.82) is 0 Å². The van der Waals surface area contributed by atoms with E-state index in [0.717, 1.165) is 41.2 Å². The number of nitrogens with one attached hydrogen (secondary N) is 3. The van der Waals surface area contributed by atoms with Crippen molar-refractivity contribution >= 4 is 55.7 Å². The second kappa shape index (κ2) is 8.22. The third-order valence-corrected chi connectivity index (χ3v) is 6.85. The highest BCUT2D eigenvalue weighted by Crippen LogP contribution is 2.39. The Morgan fingerprint density at radius 2 is 2.00 bits per heavy atom. The summed E-state index contributed by atoms with van der Waals surface area (Å²) in [6, 6.07) is 6.00. The van der Waals surface area contributed by atoms with E-state index in [0.29, 0.717) is 22.1 Å². The average molecular weight is 510 g/mol. The van der Waals surface area contributed by atoms with E-state index in [1.165, 1.54) is 0 Å². The monoisotopic (exact) mass is 509 g/mol. The fourth-order valence-corrected chi connectivity index (χ4v) is 4.88. The summed E-state index contributed by atoms with van der Waals surface area (Å²) in [6.45, 7) is 2.01. The molecule has 5 rings (SSSR count). The number of hydrogen-bond acceptors (Lipinski definition) is 8. The van der Waals surface area contributed by atoms with Gasteiger partial charge in [0.1, 0.15) is 4.60 Å². The van der Waals surface area contributed by atoms with Crippen LogP contribution in [0.1, 0.15) is 26.2 Å². The van der Waals surface area contributed by atoms with E-state index < -0.39 is 0 Å². The molecule has 170 valence electrons. The molecule has 2 atom stereocenters. The molecule has 1 fully saturated rings. The zero-order valence-corrected chi connectivity index (χ0v) is 20.1. The highest BCUT2D eigenvalue weighted by atomic mass is 79.9. The molecule has 4 aromatic rings. The Hall–Kier alpha value is -3.34. The summed E-state index contributed by atoms with van der Waals surface area (Å²) in [5.41, 5.74) is 1.99. The molecule has 1 aliphatic carbocycles. The number of rotatable bonds is 5. The van der Waals surface area contributed by atoms with Crippen LogP contribution >= 0.6 is 15.9 Å². The minimum Gasteiger partial charge on any atom is -0.359 e. The van der Waals surface area contributed by atoms with Crippen molar-refractivity contribution in [1.82, 2.24) is 35.0 Å². The highest BCUT2D eigenvalue weighted by Gasteiger charge is 2.40. The number of aromatic nitrogens is 6. The van der Waals surface area contributed by atoms with E-state index in [2.05, 4.69) is 51.9 Å². The maximum absolute atomic E-state index is 12.2. The van der Waals surface area contributed by atoms with Gasteiger partial charge in [-0.25, -0.2) is 19.6 Å². The number of carbonyl (C=O) groups is 1. The normalized spacial score (nSPS) is 20.3. The van der Waals surface area contributed by atoms with Crippen LogP contribution in [0, 0.1) is 5.41 Å². The molecule has 0 radical (unpaired) electrons. The van der Waals surface area contributed by atoms with E-state index in [1.54, 1.807) is 31.2 Å². The largest absolute Gasteiger partial charge is 0.359 e. The third kappa shape index (κ3) is 3.86. The van der Waals surface area contributed by atoms with E-state index >= 15 is 0 Å². The van der Waals surface area contributed by atoms with Crippen molar-refractivity contribution in [2.75, 3.05) is 24.7 Å². The molecule has 1 amide bonds. The van der Waals surface area contributed by atoms with Crippen molar-refractivity contribution in [2.45, 2.75) is 32.2 Å². The van der Waals surface area contributed by atoms with Gasteiger partial charge >= 0.3 is 0 Å². The van der Waals surface area contributed by atoms with Gasteiger partial charge in [0, 0.05) is 43.3 Å². The van der Waals surface area contributed by atoms with Crippen molar-refractivity contribution in [3.05, 3.63) is 35.2 Å². The highest BCUT2D eigenvalue weighted by molar-refractivity contribution is 9.10. The van der Waals surface area contributed by atoms with Crippen molar-refractivity contribution < 1.29 is 4.79 Å². The van der Waals surface area contributed by atoms with Crippen LogP contribution in [0.5, 0.6) is 0 Å². The van der Waals surface area contributed by atoms with Crippen molar-refractivity contribution in [2.24, 2.45) is 5.41 Å². The van der Waals surface area contributed by atoms with Crippen LogP contribution in [-0.4, -0.2) is 55.8 Å². The molecule has 1 aliphatic rings. The molecule has 1 aromatic carbocycles. The summed E-state index contributed by atoms with van der Waals surface area (Å²) in [5, 5.41) is 15.5. The molecule has 3 aromatic heterocycles. The number of carbonyl (C=O) groups excluding carboxylic acids is 1. The minimum atomic E-state index is -0.373. The van der Waals surface area contributed by atoms with Gasteiger partial charge in [0.25, 0.3) is 0 Å². The van der Waals surface area contributed by atoms with Crippen LogP contribution in [0.15, 0.2) is 35.2 Å². The second-order valence-electron chi connectivity index (χ2n) is 8.54. The molecule has 3 N–H and O–H groups in total. The van der Waals surface area contributed by atoms with Crippen LogP contribution in [-0.2, 0) is 4.79 Å². The van der Waals surface area contributed by atoms with Gasteiger partial charge in [0.15, 0.2) is 5.65 Å². The van der Waals surface area contributed by atoms with Crippen LogP contribution in [0.4, 0.5) is 11.9 Å². The number of hydrogen-bond donors (Lipinski definition) is 3. The number of amides is 1. The molecule has 3 heterocycles. The summed E-state index contributed by atoms with van der Waals surface area (Å²) in [7, 11) is 3.47. The molecule has 0 saturated heterocycles. The predicted molar refractivity (Wildman–Crippen MR) is 130 cm³/mol. The van der Waals surface area contributed by atoms with E-state index in [1.807, 2.05) is 25.1 Å². The molecular weight excluding hydrogens is 486 g/mol. The molecule has 0 unspecified atom stereocenters. The van der Waals surface area contributed by atoms with Gasteiger partial charge < -0.3 is 16.0 Å². The van der Waals surface area contributed by atoms with Crippen LogP contribution < -0.4 is 16.0 Å². The number of halogens is 1. The molecule has 33 heavy (non-hydrogen) atoms. The maximum Gasteiger partial charge on any atom is 0.225 e. The van der Waals surface area contributed by atoms with Crippen LogP contribution in [0.25, 0.3) is 27.6 Å². The number of fused-ring (bicyclic) bond motifs is 2. The topological polar surface area (TPSA) is 123 Å². The van der Waals surface area contributed by atoms with Gasteiger partial charge in [0.2, 0.25) is 17.8 Å². The van der Waals surface area contributed by atoms with Gasteiger partial charge in [-0.2, -0.15) is 10.1 Å². The smallest absolute Gasteiger partial charge is 0.225 e. The summed E-state index contributed by atoms with van der Waals surface area (Å²) in [6.07, 6.45) is 5.98. The molecule has 0 bridgehead atoms. The predicted octanol–water partition coefficient (Wildman–Crippen LogP) is 3.28. The first-order valence-electron chi connectivity index (χ1n) is 10.7. The second-order valence-corrected chi connectivity index (χ2v) is 9.30. The Morgan fingerprint density at radius 3 is 2.79 bits per heavy atom. The molecule has 0 aliphatic heterocycles. The van der Waals surface area contributed by atoms with Gasteiger partial charge in [-0.15, -0.1) is 0 Å². The van der Waals surface area contributed by atoms with Gasteiger partial charge in [-0.05, 0) is 53.4 Å². The lowest BCUT2D eigenvalue weighted by atomic mass is 9.87. The average Bonchev–Trinajstić information content (AvgIpc) is 3.38. The fourth-order valence-electron chi connectivity index (χ4n) is 4.45. The number of anilines is 2. The molecule has 10 nitrogen and oxygen atoms in total. The lowest BCUT2D eigenvalue weighted by molar-refractivity contribution is -0.129. The standard InChI is InChI=1S/C22H24BrN9O/c1-22(19(33)24-2)7-6-13(9-22)28-21-27-11-15-17(23)31-32(18(15)30-21)14-4-5-16-12(8-14)10-26-20(25-3)29-16/h4-5,8,10-11,13H,6-7,9H2,1-3H3,(H,24,33)(H,25,26,29)(H,27,28,30)/t13-,22-/m1/s1. The first-order valence-corrected chi connectivity index (χ1v) is 11.5. The van der Waals surface area contributed by atoms with E-state index in [-0.39, 0.29) is 17.4 Å². The van der Waals surface area contributed by atoms with Crippen molar-refractivity contribution in [3.8, 4) is 5.69 Å². The Kier molecular flexibility index (Phi) is 5.35. The van der Waals surface area contributed by atoms with E-state index in [9.17, 15) is 4.79 Å². The van der Waals surface area contributed by atoms with Crippen LogP contribution in [0.3, 0.4) is 0 Å². The minimum absolute atomic E-state index is 0.0762. The Bertz CT molecular complexity index is 1370. The first-order chi connectivity index (χ1) is 15.9. The summed E-state index contributed by atoms with van der Waals surface area (Å²) >= 11 is 3.53. The number of nitrogens with zero attached hydrogens (tertiary/aromatic N) is 6. The Morgan fingerprint density at radius 1 is 1.18 bits per heavy atom. The van der Waals surface area contributed by atoms with Gasteiger partial charge in [-0.1, -0.05) is 6.92 Å². The van der Waals surface area contributed by atoms with E-state index in [4.69, 9.17) is 4.98 Å². The first kappa shape index (κ1) is 21.5. The summed E-state index contributed by atoms with van der Waals surface area (Å²) in [5.74, 6) is 1.17.